The summed E-state index contributed by atoms with van der Waals surface area (Å²) in [6, 6.07) is 5.82. The number of ether oxygens (including phenoxy) is 1. The Kier molecular flexibility index (Phi) is 2.41. The number of rotatable bonds is 2. The van der Waals surface area contributed by atoms with Crippen LogP contribution in [0.2, 0.25) is 0 Å². The van der Waals surface area contributed by atoms with Gasteiger partial charge in [0.05, 0.1) is 12.7 Å². The van der Waals surface area contributed by atoms with Crippen molar-refractivity contribution in [3.05, 3.63) is 29.6 Å². The SMILES string of the molecule is COc1c(C)cccc1-c1nc(C)no1. The van der Waals surface area contributed by atoms with Gasteiger partial charge in [-0.25, -0.2) is 0 Å². The van der Waals surface area contributed by atoms with Crippen molar-refractivity contribution in [2.24, 2.45) is 0 Å². The molecular formula is C11H12N2O2. The largest absolute Gasteiger partial charge is 0.496 e. The lowest BCUT2D eigenvalue weighted by molar-refractivity contribution is 0.401. The molecule has 0 radical (unpaired) electrons. The summed E-state index contributed by atoms with van der Waals surface area (Å²) in [4.78, 5) is 4.17. The van der Waals surface area contributed by atoms with Crippen molar-refractivity contribution in [1.29, 1.82) is 0 Å². The molecule has 78 valence electrons. The van der Waals surface area contributed by atoms with Crippen LogP contribution in [0.1, 0.15) is 11.4 Å². The van der Waals surface area contributed by atoms with Gasteiger partial charge < -0.3 is 9.26 Å². The van der Waals surface area contributed by atoms with E-state index < -0.39 is 0 Å². The minimum absolute atomic E-state index is 0.494. The van der Waals surface area contributed by atoms with Gasteiger partial charge in [0.15, 0.2) is 5.82 Å². The van der Waals surface area contributed by atoms with Gasteiger partial charge in [0.25, 0.3) is 5.89 Å². The fraction of sp³-hybridized carbons (Fsp3) is 0.273. The van der Waals surface area contributed by atoms with Gasteiger partial charge in [0.1, 0.15) is 5.75 Å². The summed E-state index contributed by atoms with van der Waals surface area (Å²) in [6.45, 7) is 3.76. The lowest BCUT2D eigenvalue weighted by Crippen LogP contribution is -1.91. The summed E-state index contributed by atoms with van der Waals surface area (Å²) in [7, 11) is 1.63. The van der Waals surface area contributed by atoms with E-state index in [1.807, 2.05) is 25.1 Å². The number of benzene rings is 1. The molecule has 0 amide bonds. The van der Waals surface area contributed by atoms with Crippen molar-refractivity contribution in [2.75, 3.05) is 7.11 Å². The van der Waals surface area contributed by atoms with Crippen molar-refractivity contribution in [2.45, 2.75) is 13.8 Å². The summed E-state index contributed by atoms with van der Waals surface area (Å²) in [5.41, 5.74) is 1.88. The number of hydrogen-bond donors (Lipinski definition) is 0. The van der Waals surface area contributed by atoms with E-state index in [0.29, 0.717) is 11.7 Å². The Bertz CT molecular complexity index is 477. The Morgan fingerprint density at radius 1 is 1.27 bits per heavy atom. The molecule has 0 saturated heterocycles. The zero-order valence-electron chi connectivity index (χ0n) is 8.94. The Hall–Kier alpha value is -1.84. The topological polar surface area (TPSA) is 48.2 Å². The molecule has 15 heavy (non-hydrogen) atoms. The zero-order chi connectivity index (χ0) is 10.8. The molecule has 0 unspecified atom stereocenters. The summed E-state index contributed by atoms with van der Waals surface area (Å²) >= 11 is 0. The zero-order valence-corrected chi connectivity index (χ0v) is 8.94. The summed E-state index contributed by atoms with van der Waals surface area (Å²) in [5.74, 6) is 1.89. The fourth-order valence-electron chi connectivity index (χ4n) is 1.50. The molecular weight excluding hydrogens is 192 g/mol. The summed E-state index contributed by atoms with van der Waals surface area (Å²) < 4.78 is 10.4. The first-order valence-electron chi connectivity index (χ1n) is 4.66. The number of hydrogen-bond acceptors (Lipinski definition) is 4. The van der Waals surface area contributed by atoms with Crippen LogP contribution >= 0.6 is 0 Å². The molecule has 0 bridgehead atoms. The van der Waals surface area contributed by atoms with Crippen LogP contribution in [0.15, 0.2) is 22.7 Å². The van der Waals surface area contributed by atoms with Gasteiger partial charge in [-0.1, -0.05) is 17.3 Å². The first-order valence-corrected chi connectivity index (χ1v) is 4.66. The van der Waals surface area contributed by atoms with Crippen molar-refractivity contribution >= 4 is 0 Å². The van der Waals surface area contributed by atoms with E-state index in [-0.39, 0.29) is 0 Å². The van der Waals surface area contributed by atoms with E-state index in [1.165, 1.54) is 0 Å². The molecule has 4 nitrogen and oxygen atoms in total. The summed E-state index contributed by atoms with van der Waals surface area (Å²) in [6.07, 6.45) is 0. The highest BCUT2D eigenvalue weighted by Gasteiger charge is 2.13. The molecule has 2 aromatic rings. The average molecular weight is 204 g/mol. The monoisotopic (exact) mass is 204 g/mol. The maximum absolute atomic E-state index is 5.31. The predicted octanol–water partition coefficient (Wildman–Crippen LogP) is 2.36. The van der Waals surface area contributed by atoms with Crippen molar-refractivity contribution in [3.8, 4) is 17.2 Å². The maximum atomic E-state index is 5.31. The second-order valence-corrected chi connectivity index (χ2v) is 3.30. The van der Waals surface area contributed by atoms with Gasteiger partial charge in [-0.15, -0.1) is 0 Å². The van der Waals surface area contributed by atoms with Gasteiger partial charge in [0, 0.05) is 0 Å². The van der Waals surface area contributed by atoms with E-state index in [9.17, 15) is 0 Å². The first-order chi connectivity index (χ1) is 7.22. The number of aromatic nitrogens is 2. The molecule has 4 heteroatoms. The molecule has 0 atom stereocenters. The van der Waals surface area contributed by atoms with Crippen LogP contribution in [0.3, 0.4) is 0 Å². The van der Waals surface area contributed by atoms with Gasteiger partial charge in [-0.3, -0.25) is 0 Å². The molecule has 1 heterocycles. The van der Waals surface area contributed by atoms with E-state index in [1.54, 1.807) is 14.0 Å². The van der Waals surface area contributed by atoms with E-state index in [0.717, 1.165) is 16.9 Å². The second kappa shape index (κ2) is 3.73. The van der Waals surface area contributed by atoms with E-state index in [4.69, 9.17) is 9.26 Å². The molecule has 0 aliphatic rings. The molecule has 1 aromatic heterocycles. The maximum Gasteiger partial charge on any atom is 0.261 e. The van der Waals surface area contributed by atoms with Crippen molar-refractivity contribution in [1.82, 2.24) is 10.1 Å². The smallest absolute Gasteiger partial charge is 0.261 e. The second-order valence-electron chi connectivity index (χ2n) is 3.30. The number of aryl methyl sites for hydroxylation is 2. The van der Waals surface area contributed by atoms with Crippen LogP contribution < -0.4 is 4.74 Å². The minimum Gasteiger partial charge on any atom is -0.496 e. The Balaban J connectivity index is 2.57. The highest BCUT2D eigenvalue weighted by atomic mass is 16.5. The molecule has 0 N–H and O–H groups in total. The van der Waals surface area contributed by atoms with Crippen LogP contribution in [-0.2, 0) is 0 Å². The highest BCUT2D eigenvalue weighted by molar-refractivity contribution is 5.64. The van der Waals surface area contributed by atoms with Crippen molar-refractivity contribution < 1.29 is 9.26 Å². The lowest BCUT2D eigenvalue weighted by atomic mass is 10.1. The quantitative estimate of drug-likeness (QED) is 0.753. The Morgan fingerprint density at radius 3 is 2.67 bits per heavy atom. The predicted molar refractivity (Wildman–Crippen MR) is 55.8 cm³/mol. The number of para-hydroxylation sites is 1. The minimum atomic E-state index is 0.494. The highest BCUT2D eigenvalue weighted by Crippen LogP contribution is 2.31. The molecule has 0 saturated carbocycles. The standard InChI is InChI=1S/C11H12N2O2/c1-7-5-4-6-9(10(7)14-3)11-12-8(2)13-15-11/h4-6H,1-3H3. The van der Waals surface area contributed by atoms with Gasteiger partial charge in [-0.2, -0.15) is 4.98 Å². The van der Waals surface area contributed by atoms with Crippen LogP contribution in [0.4, 0.5) is 0 Å². The Morgan fingerprint density at radius 2 is 2.07 bits per heavy atom. The lowest BCUT2D eigenvalue weighted by Gasteiger charge is -2.07. The third kappa shape index (κ3) is 1.70. The van der Waals surface area contributed by atoms with E-state index >= 15 is 0 Å². The third-order valence-electron chi connectivity index (χ3n) is 2.17. The van der Waals surface area contributed by atoms with Gasteiger partial charge in [-0.05, 0) is 25.5 Å². The third-order valence-corrected chi connectivity index (χ3v) is 2.17. The average Bonchev–Trinajstić information content (AvgIpc) is 2.64. The summed E-state index contributed by atoms with van der Waals surface area (Å²) in [5, 5.41) is 3.76. The first kappa shape index (κ1) is 9.71. The van der Waals surface area contributed by atoms with Gasteiger partial charge in [0.2, 0.25) is 0 Å². The molecule has 0 aliphatic carbocycles. The van der Waals surface area contributed by atoms with Crippen LogP contribution in [0, 0.1) is 13.8 Å². The molecule has 0 aliphatic heterocycles. The molecule has 0 fully saturated rings. The van der Waals surface area contributed by atoms with Gasteiger partial charge >= 0.3 is 0 Å². The van der Waals surface area contributed by atoms with Crippen LogP contribution in [-0.4, -0.2) is 17.3 Å². The van der Waals surface area contributed by atoms with Crippen LogP contribution in [0.25, 0.3) is 11.5 Å². The molecule has 2 rings (SSSR count). The van der Waals surface area contributed by atoms with Crippen LogP contribution in [0.5, 0.6) is 5.75 Å². The Labute approximate surface area is 87.9 Å². The number of methoxy groups -OCH3 is 1. The number of nitrogens with zero attached hydrogens (tertiary/aromatic N) is 2. The normalized spacial score (nSPS) is 10.3. The molecule has 0 spiro atoms. The molecule has 1 aromatic carbocycles. The fourth-order valence-corrected chi connectivity index (χ4v) is 1.50. The van der Waals surface area contributed by atoms with E-state index in [2.05, 4.69) is 10.1 Å². The van der Waals surface area contributed by atoms with Crippen molar-refractivity contribution in [3.63, 3.8) is 0 Å².